The average molecular weight is 333 g/mol. The van der Waals surface area contributed by atoms with Crippen molar-refractivity contribution in [2.24, 2.45) is 4.99 Å². The van der Waals surface area contributed by atoms with Crippen molar-refractivity contribution in [1.29, 1.82) is 0 Å². The molecule has 0 radical (unpaired) electrons. The molecule has 0 aliphatic carbocycles. The van der Waals surface area contributed by atoms with Crippen molar-refractivity contribution in [3.8, 4) is 11.1 Å². The highest BCUT2D eigenvalue weighted by Gasteiger charge is 2.12. The van der Waals surface area contributed by atoms with E-state index in [1.165, 1.54) is 11.1 Å². The van der Waals surface area contributed by atoms with E-state index in [2.05, 4.69) is 72.8 Å². The van der Waals surface area contributed by atoms with Gasteiger partial charge in [-0.15, -0.1) is 0 Å². The molecule has 124 valence electrons. The number of para-hydroxylation sites is 1. The van der Waals surface area contributed by atoms with E-state index >= 15 is 0 Å². The van der Waals surface area contributed by atoms with Crippen LogP contribution in [0.5, 0.6) is 0 Å². The van der Waals surface area contributed by atoms with Crippen LogP contribution >= 0.6 is 0 Å². The maximum absolute atomic E-state index is 5.00. The zero-order valence-electron chi connectivity index (χ0n) is 14.4. The Bertz CT molecular complexity index is 1000. The van der Waals surface area contributed by atoms with Crippen LogP contribution in [0.3, 0.4) is 0 Å². The Morgan fingerprint density at radius 1 is 0.500 bits per heavy atom. The van der Waals surface area contributed by atoms with E-state index in [4.69, 9.17) is 4.99 Å². The van der Waals surface area contributed by atoms with Crippen LogP contribution in [-0.4, -0.2) is 5.71 Å². The van der Waals surface area contributed by atoms with Crippen LogP contribution in [0.15, 0.2) is 120 Å². The lowest BCUT2D eigenvalue weighted by Gasteiger charge is -2.13. The van der Waals surface area contributed by atoms with E-state index < -0.39 is 0 Å². The molecular formula is C25H19N. The third kappa shape index (κ3) is 3.47. The standard InChI is InChI=1S/C25H19N/c1-4-12-20(13-5-1)23-18-10-11-19-24(23)25(21-14-6-2-7-15-21)26-22-16-8-3-9-17-22/h1-19H. The van der Waals surface area contributed by atoms with Crippen molar-refractivity contribution < 1.29 is 0 Å². The summed E-state index contributed by atoms with van der Waals surface area (Å²) in [5.41, 5.74) is 6.56. The Kier molecular flexibility index (Phi) is 4.70. The first kappa shape index (κ1) is 16.0. The third-order valence-electron chi connectivity index (χ3n) is 4.31. The summed E-state index contributed by atoms with van der Waals surface area (Å²) >= 11 is 0. The van der Waals surface area contributed by atoms with Crippen LogP contribution in [0.1, 0.15) is 11.1 Å². The van der Waals surface area contributed by atoms with Gasteiger partial charge in [0.05, 0.1) is 11.4 Å². The highest BCUT2D eigenvalue weighted by Crippen LogP contribution is 2.27. The SMILES string of the molecule is c1ccc(N=C(c2ccccc2)c2ccccc2-c2ccccc2)cc1. The van der Waals surface area contributed by atoms with Gasteiger partial charge in [-0.2, -0.15) is 0 Å². The summed E-state index contributed by atoms with van der Waals surface area (Å²) < 4.78 is 0. The molecule has 4 aromatic rings. The molecule has 4 aromatic carbocycles. The zero-order chi connectivity index (χ0) is 17.6. The molecule has 0 fully saturated rings. The summed E-state index contributed by atoms with van der Waals surface area (Å²) in [5, 5.41) is 0. The maximum atomic E-state index is 5.00. The molecule has 0 amide bonds. The Balaban J connectivity index is 1.93. The summed E-state index contributed by atoms with van der Waals surface area (Å²) in [7, 11) is 0. The number of hydrogen-bond acceptors (Lipinski definition) is 1. The molecule has 0 bridgehead atoms. The maximum Gasteiger partial charge on any atom is 0.0787 e. The van der Waals surface area contributed by atoms with Crippen LogP contribution in [0.4, 0.5) is 5.69 Å². The van der Waals surface area contributed by atoms with Crippen molar-refractivity contribution in [3.05, 3.63) is 126 Å². The average Bonchev–Trinajstić information content (AvgIpc) is 2.74. The summed E-state index contributed by atoms with van der Waals surface area (Å²) in [6.07, 6.45) is 0. The van der Waals surface area contributed by atoms with Gasteiger partial charge in [-0.1, -0.05) is 103 Å². The van der Waals surface area contributed by atoms with Crippen LogP contribution in [0, 0.1) is 0 Å². The molecule has 0 aliphatic rings. The first-order valence-corrected chi connectivity index (χ1v) is 8.76. The lowest BCUT2D eigenvalue weighted by molar-refractivity contribution is 1.47. The second kappa shape index (κ2) is 7.62. The fraction of sp³-hybridized carbons (Fsp3) is 0. The van der Waals surface area contributed by atoms with Gasteiger partial charge in [0.15, 0.2) is 0 Å². The zero-order valence-corrected chi connectivity index (χ0v) is 14.4. The van der Waals surface area contributed by atoms with Crippen molar-refractivity contribution in [2.45, 2.75) is 0 Å². The van der Waals surface area contributed by atoms with E-state index in [0.717, 1.165) is 22.5 Å². The van der Waals surface area contributed by atoms with E-state index in [9.17, 15) is 0 Å². The normalized spacial score (nSPS) is 11.3. The van der Waals surface area contributed by atoms with Crippen LogP contribution < -0.4 is 0 Å². The first-order chi connectivity index (χ1) is 12.9. The van der Waals surface area contributed by atoms with Gasteiger partial charge in [-0.25, -0.2) is 4.99 Å². The van der Waals surface area contributed by atoms with Gasteiger partial charge in [-0.05, 0) is 23.3 Å². The summed E-state index contributed by atoms with van der Waals surface area (Å²) in [5.74, 6) is 0. The van der Waals surface area contributed by atoms with E-state index in [-0.39, 0.29) is 0 Å². The first-order valence-electron chi connectivity index (χ1n) is 8.76. The lowest BCUT2D eigenvalue weighted by Crippen LogP contribution is -2.05. The van der Waals surface area contributed by atoms with Gasteiger partial charge >= 0.3 is 0 Å². The van der Waals surface area contributed by atoms with Gasteiger partial charge in [0.1, 0.15) is 0 Å². The van der Waals surface area contributed by atoms with Crippen molar-refractivity contribution in [3.63, 3.8) is 0 Å². The largest absolute Gasteiger partial charge is 0.248 e. The molecule has 0 atom stereocenters. The molecule has 0 aliphatic heterocycles. The van der Waals surface area contributed by atoms with Gasteiger partial charge < -0.3 is 0 Å². The molecule has 1 heteroatoms. The van der Waals surface area contributed by atoms with Gasteiger partial charge in [0.2, 0.25) is 0 Å². The third-order valence-corrected chi connectivity index (χ3v) is 4.31. The molecule has 1 nitrogen and oxygen atoms in total. The number of benzene rings is 4. The van der Waals surface area contributed by atoms with E-state index in [0.29, 0.717) is 0 Å². The topological polar surface area (TPSA) is 12.4 Å². The van der Waals surface area contributed by atoms with Gasteiger partial charge in [-0.3, -0.25) is 0 Å². The Labute approximate surface area is 154 Å². The Morgan fingerprint density at radius 2 is 1.04 bits per heavy atom. The highest BCUT2D eigenvalue weighted by molar-refractivity contribution is 6.17. The molecule has 0 spiro atoms. The van der Waals surface area contributed by atoms with E-state index in [1.807, 2.05) is 42.5 Å². The van der Waals surface area contributed by atoms with Crippen molar-refractivity contribution in [1.82, 2.24) is 0 Å². The minimum Gasteiger partial charge on any atom is -0.248 e. The lowest BCUT2D eigenvalue weighted by atomic mass is 9.93. The van der Waals surface area contributed by atoms with E-state index in [1.54, 1.807) is 0 Å². The molecule has 0 saturated heterocycles. The predicted octanol–water partition coefficient (Wildman–Crippen LogP) is 6.52. The summed E-state index contributed by atoms with van der Waals surface area (Å²) in [6, 6.07) is 39.4. The molecular weight excluding hydrogens is 314 g/mol. The molecule has 26 heavy (non-hydrogen) atoms. The van der Waals surface area contributed by atoms with Crippen LogP contribution in [0.25, 0.3) is 11.1 Å². The highest BCUT2D eigenvalue weighted by atomic mass is 14.7. The van der Waals surface area contributed by atoms with Crippen LogP contribution in [0.2, 0.25) is 0 Å². The minimum atomic E-state index is 0.953. The van der Waals surface area contributed by atoms with Crippen molar-refractivity contribution >= 4 is 11.4 Å². The number of nitrogens with zero attached hydrogens (tertiary/aromatic N) is 1. The molecule has 0 saturated carbocycles. The fourth-order valence-electron chi connectivity index (χ4n) is 3.07. The second-order valence-corrected chi connectivity index (χ2v) is 6.07. The molecule has 0 N–H and O–H groups in total. The monoisotopic (exact) mass is 333 g/mol. The van der Waals surface area contributed by atoms with Crippen LogP contribution in [-0.2, 0) is 0 Å². The summed E-state index contributed by atoms with van der Waals surface area (Å²) in [6.45, 7) is 0. The second-order valence-electron chi connectivity index (χ2n) is 6.07. The van der Waals surface area contributed by atoms with Gasteiger partial charge in [0.25, 0.3) is 0 Å². The number of aliphatic imine (C=N–C) groups is 1. The van der Waals surface area contributed by atoms with Gasteiger partial charge in [0, 0.05) is 11.1 Å². The fourth-order valence-corrected chi connectivity index (χ4v) is 3.07. The van der Waals surface area contributed by atoms with Crippen molar-refractivity contribution in [2.75, 3.05) is 0 Å². The Morgan fingerprint density at radius 3 is 1.73 bits per heavy atom. The molecule has 4 rings (SSSR count). The molecule has 0 heterocycles. The molecule has 0 aromatic heterocycles. The summed E-state index contributed by atoms with van der Waals surface area (Å²) in [4.78, 5) is 5.00. The Hall–Kier alpha value is -3.45. The quantitative estimate of drug-likeness (QED) is 0.377. The minimum absolute atomic E-state index is 0.953. The molecule has 0 unspecified atom stereocenters. The predicted molar refractivity (Wildman–Crippen MR) is 110 cm³/mol. The number of hydrogen-bond donors (Lipinski definition) is 0. The smallest absolute Gasteiger partial charge is 0.0787 e. The number of rotatable bonds is 4.